The van der Waals surface area contributed by atoms with Crippen LogP contribution in [0.1, 0.15) is 65.2 Å². The van der Waals surface area contributed by atoms with Crippen molar-refractivity contribution in [1.29, 1.82) is 0 Å². The zero-order chi connectivity index (χ0) is 14.8. The monoisotopic (exact) mass is 290 g/mol. The predicted molar refractivity (Wildman–Crippen MR) is 81.6 cm³/mol. The summed E-state index contributed by atoms with van der Waals surface area (Å²) in [6.45, 7) is 4.62. The second-order valence-electron chi connectivity index (χ2n) is 8.52. The minimum atomic E-state index is -0.622. The summed E-state index contributed by atoms with van der Waals surface area (Å²) in [5.74, 6) is 2.45. The molecule has 0 aromatic rings. The fourth-order valence-corrected chi connectivity index (χ4v) is 6.39. The van der Waals surface area contributed by atoms with Crippen LogP contribution in [0.4, 0.5) is 4.39 Å². The Bertz CT molecular complexity index is 510. The number of fused-ring (bicyclic) bond motifs is 5. The van der Waals surface area contributed by atoms with Crippen molar-refractivity contribution in [3.8, 4) is 0 Å². The van der Waals surface area contributed by atoms with Crippen LogP contribution in [-0.4, -0.2) is 12.0 Å². The number of Topliss-reactive ketones (excluding diaryl/α,β-unsaturated/α-hetero) is 1. The van der Waals surface area contributed by atoms with E-state index in [0.717, 1.165) is 38.5 Å². The number of halogens is 1. The Morgan fingerprint density at radius 2 is 1.81 bits per heavy atom. The van der Waals surface area contributed by atoms with Crippen LogP contribution in [0.5, 0.6) is 0 Å². The number of hydrogen-bond acceptors (Lipinski definition) is 1. The molecule has 21 heavy (non-hydrogen) atoms. The van der Waals surface area contributed by atoms with Crippen LogP contribution in [0.15, 0.2) is 11.6 Å². The summed E-state index contributed by atoms with van der Waals surface area (Å²) in [5.41, 5.74) is 1.58. The van der Waals surface area contributed by atoms with Gasteiger partial charge in [-0.2, -0.15) is 0 Å². The van der Waals surface area contributed by atoms with Crippen molar-refractivity contribution in [1.82, 2.24) is 0 Å². The topological polar surface area (TPSA) is 17.1 Å². The van der Waals surface area contributed by atoms with Crippen molar-refractivity contribution in [2.75, 3.05) is 0 Å². The van der Waals surface area contributed by atoms with Crippen LogP contribution in [0, 0.1) is 28.6 Å². The third-order valence-corrected chi connectivity index (χ3v) is 7.75. The quantitative estimate of drug-likeness (QED) is 0.582. The van der Waals surface area contributed by atoms with E-state index in [1.165, 1.54) is 12.0 Å². The largest absolute Gasteiger partial charge is 0.299 e. The molecule has 116 valence electrons. The Hall–Kier alpha value is -0.660. The van der Waals surface area contributed by atoms with E-state index >= 15 is 0 Å². The molecule has 0 aliphatic heterocycles. The van der Waals surface area contributed by atoms with Gasteiger partial charge in [-0.05, 0) is 61.7 Å². The van der Waals surface area contributed by atoms with Gasteiger partial charge in [0.05, 0.1) is 0 Å². The second kappa shape index (κ2) is 4.43. The number of ketones is 1. The van der Waals surface area contributed by atoms with Crippen LogP contribution in [0.2, 0.25) is 0 Å². The highest BCUT2D eigenvalue weighted by Crippen LogP contribution is 2.64. The molecule has 0 radical (unpaired) electrons. The van der Waals surface area contributed by atoms with Gasteiger partial charge < -0.3 is 0 Å². The highest BCUT2D eigenvalue weighted by Gasteiger charge is 2.58. The molecular weight excluding hydrogens is 263 g/mol. The number of rotatable bonds is 0. The normalized spacial score (nSPS) is 52.7. The van der Waals surface area contributed by atoms with Gasteiger partial charge in [-0.25, -0.2) is 4.39 Å². The third kappa shape index (κ3) is 1.77. The Morgan fingerprint density at radius 1 is 1.10 bits per heavy atom. The maximum absolute atomic E-state index is 13.8. The smallest absolute Gasteiger partial charge is 0.139 e. The van der Waals surface area contributed by atoms with E-state index in [9.17, 15) is 9.18 Å². The van der Waals surface area contributed by atoms with E-state index < -0.39 is 6.17 Å². The zero-order valence-corrected chi connectivity index (χ0v) is 13.3. The number of alkyl halides is 1. The summed E-state index contributed by atoms with van der Waals surface area (Å²) in [5, 5.41) is 0. The molecule has 1 nitrogen and oxygen atoms in total. The molecule has 0 spiro atoms. The highest BCUT2D eigenvalue weighted by atomic mass is 19.1. The van der Waals surface area contributed by atoms with Crippen molar-refractivity contribution < 1.29 is 9.18 Å². The number of allylic oxidation sites excluding steroid dienone is 2. The first-order valence-electron chi connectivity index (χ1n) is 8.82. The van der Waals surface area contributed by atoms with Crippen LogP contribution in [0.3, 0.4) is 0 Å². The van der Waals surface area contributed by atoms with Crippen molar-refractivity contribution >= 4 is 5.78 Å². The molecule has 0 saturated heterocycles. The summed E-state index contributed by atoms with van der Waals surface area (Å²) in [6.07, 6.45) is 9.39. The van der Waals surface area contributed by atoms with Gasteiger partial charge in [-0.3, -0.25) is 4.79 Å². The molecule has 0 aromatic carbocycles. The molecule has 0 amide bonds. The first-order valence-corrected chi connectivity index (χ1v) is 8.82. The van der Waals surface area contributed by atoms with E-state index in [4.69, 9.17) is 0 Å². The molecule has 4 aliphatic carbocycles. The van der Waals surface area contributed by atoms with Crippen molar-refractivity contribution in [3.05, 3.63) is 11.6 Å². The molecule has 0 N–H and O–H groups in total. The SMILES string of the molecule is C[C@@]12CC[C@@H]3[C@H](CC=C4C[C@H](F)CC[C@@]43C)[C@H]1CCC2=O. The molecule has 0 heterocycles. The van der Waals surface area contributed by atoms with Crippen LogP contribution in [0.25, 0.3) is 0 Å². The molecule has 6 atom stereocenters. The van der Waals surface area contributed by atoms with Gasteiger partial charge in [-0.1, -0.05) is 25.5 Å². The number of carbonyl (C=O) groups is 1. The Morgan fingerprint density at radius 3 is 2.62 bits per heavy atom. The lowest BCUT2D eigenvalue weighted by atomic mass is 9.48. The fraction of sp³-hybridized carbons (Fsp3) is 0.842. The molecule has 4 rings (SSSR count). The number of hydrogen-bond donors (Lipinski definition) is 0. The van der Waals surface area contributed by atoms with E-state index in [-0.39, 0.29) is 10.8 Å². The summed E-state index contributed by atoms with van der Waals surface area (Å²) in [4.78, 5) is 12.3. The Labute approximate surface area is 127 Å². The van der Waals surface area contributed by atoms with E-state index in [1.54, 1.807) is 0 Å². The Balaban J connectivity index is 1.69. The molecule has 0 aromatic heterocycles. The first-order chi connectivity index (χ1) is 9.95. The second-order valence-corrected chi connectivity index (χ2v) is 8.52. The molecule has 0 bridgehead atoms. The minimum absolute atomic E-state index is 0.0415. The van der Waals surface area contributed by atoms with Gasteiger partial charge in [-0.15, -0.1) is 0 Å². The predicted octanol–water partition coefficient (Wildman–Crippen LogP) is 4.86. The molecule has 0 unspecified atom stereocenters. The van der Waals surface area contributed by atoms with Crippen LogP contribution < -0.4 is 0 Å². The molecule has 2 heteroatoms. The van der Waals surface area contributed by atoms with Gasteiger partial charge in [0.1, 0.15) is 12.0 Å². The summed E-state index contributed by atoms with van der Waals surface area (Å²) < 4.78 is 13.8. The maximum Gasteiger partial charge on any atom is 0.139 e. The molecule has 4 aliphatic rings. The molecule has 3 fully saturated rings. The van der Waals surface area contributed by atoms with Crippen molar-refractivity contribution in [2.45, 2.75) is 71.4 Å². The standard InChI is InChI=1S/C19H27FO/c1-18-9-7-13(20)11-12(18)3-4-14-15-5-6-17(21)19(15,2)10-8-16(14)18/h3,13-16H,4-11H2,1-2H3/t13-,14-,15-,16-,18+,19-/m1/s1. The Kier molecular flexibility index (Phi) is 2.94. The average Bonchev–Trinajstić information content (AvgIpc) is 2.76. The first kappa shape index (κ1) is 14.0. The lowest BCUT2D eigenvalue weighted by Gasteiger charge is -2.56. The van der Waals surface area contributed by atoms with E-state index in [1.807, 2.05) is 0 Å². The lowest BCUT2D eigenvalue weighted by Crippen LogP contribution is -2.50. The number of carbonyl (C=O) groups excluding carboxylic acids is 1. The fourth-order valence-electron chi connectivity index (χ4n) is 6.39. The lowest BCUT2D eigenvalue weighted by molar-refractivity contribution is -0.131. The van der Waals surface area contributed by atoms with Gasteiger partial charge in [0.25, 0.3) is 0 Å². The van der Waals surface area contributed by atoms with Gasteiger partial charge >= 0.3 is 0 Å². The van der Waals surface area contributed by atoms with E-state index in [0.29, 0.717) is 30.0 Å². The maximum atomic E-state index is 13.8. The van der Waals surface area contributed by atoms with Crippen molar-refractivity contribution in [3.63, 3.8) is 0 Å². The zero-order valence-electron chi connectivity index (χ0n) is 13.3. The van der Waals surface area contributed by atoms with E-state index in [2.05, 4.69) is 19.9 Å². The summed E-state index contributed by atoms with van der Waals surface area (Å²) in [6, 6.07) is 0. The van der Waals surface area contributed by atoms with Crippen molar-refractivity contribution in [2.24, 2.45) is 28.6 Å². The minimum Gasteiger partial charge on any atom is -0.299 e. The van der Waals surface area contributed by atoms with Gasteiger partial charge in [0, 0.05) is 18.3 Å². The van der Waals surface area contributed by atoms with Gasteiger partial charge in [0.2, 0.25) is 0 Å². The summed E-state index contributed by atoms with van der Waals surface area (Å²) >= 11 is 0. The molecular formula is C19H27FO. The molecule has 3 saturated carbocycles. The van der Waals surface area contributed by atoms with Gasteiger partial charge in [0.15, 0.2) is 0 Å². The third-order valence-electron chi connectivity index (χ3n) is 7.75. The summed E-state index contributed by atoms with van der Waals surface area (Å²) in [7, 11) is 0. The van der Waals surface area contributed by atoms with Crippen LogP contribution >= 0.6 is 0 Å². The highest BCUT2D eigenvalue weighted by molar-refractivity contribution is 5.87. The average molecular weight is 290 g/mol. The van der Waals surface area contributed by atoms with Crippen LogP contribution in [-0.2, 0) is 4.79 Å².